The zero-order valence-electron chi connectivity index (χ0n) is 13.7. The molecule has 0 saturated carbocycles. The van der Waals surface area contributed by atoms with Crippen LogP contribution in [0.2, 0.25) is 0 Å². The summed E-state index contributed by atoms with van der Waals surface area (Å²) in [6, 6.07) is -1.14. The van der Waals surface area contributed by atoms with Crippen LogP contribution in [0.5, 0.6) is 0 Å². The Morgan fingerprint density at radius 1 is 1.04 bits per heavy atom. The van der Waals surface area contributed by atoms with E-state index in [1.54, 1.807) is 6.92 Å². The Hall–Kier alpha value is -1.96. The molecule has 0 heterocycles. The molecular formula is C15H26N2O6. The van der Waals surface area contributed by atoms with E-state index >= 15 is 0 Å². The molecule has 0 aliphatic rings. The SMILES string of the molecule is CCCNC(=O)CCC(=O)CC[C@H](NC(=O)COCC)C(=O)O. The maximum Gasteiger partial charge on any atom is 0.326 e. The normalized spacial score (nSPS) is 11.6. The fourth-order valence-corrected chi connectivity index (χ4v) is 1.72. The van der Waals surface area contributed by atoms with Crippen molar-refractivity contribution in [1.82, 2.24) is 10.6 Å². The highest BCUT2D eigenvalue weighted by Gasteiger charge is 2.21. The van der Waals surface area contributed by atoms with Gasteiger partial charge in [0.2, 0.25) is 11.8 Å². The quantitative estimate of drug-likeness (QED) is 0.445. The maximum absolute atomic E-state index is 11.7. The minimum Gasteiger partial charge on any atom is -0.480 e. The standard InChI is InChI=1S/C15H26N2O6/c1-3-9-16-13(19)8-6-11(18)5-7-12(15(21)22)17-14(20)10-23-4-2/h12H,3-10H2,1-2H3,(H,16,19)(H,17,20)(H,21,22)/t12-/m0/s1. The van der Waals surface area contributed by atoms with Crippen molar-refractivity contribution in [2.24, 2.45) is 0 Å². The Bertz CT molecular complexity index is 411. The monoisotopic (exact) mass is 330 g/mol. The average molecular weight is 330 g/mol. The highest BCUT2D eigenvalue weighted by atomic mass is 16.5. The van der Waals surface area contributed by atoms with Gasteiger partial charge in [0.1, 0.15) is 18.4 Å². The molecule has 0 rings (SSSR count). The van der Waals surface area contributed by atoms with Gasteiger partial charge in [0, 0.05) is 32.4 Å². The van der Waals surface area contributed by atoms with E-state index in [-0.39, 0.29) is 44.0 Å². The van der Waals surface area contributed by atoms with Crippen molar-refractivity contribution in [2.75, 3.05) is 19.8 Å². The first-order chi connectivity index (χ1) is 10.9. The molecule has 0 saturated heterocycles. The lowest BCUT2D eigenvalue weighted by Gasteiger charge is -2.14. The molecule has 0 bridgehead atoms. The molecule has 23 heavy (non-hydrogen) atoms. The number of hydrogen-bond donors (Lipinski definition) is 3. The highest BCUT2D eigenvalue weighted by molar-refractivity contribution is 5.87. The Morgan fingerprint density at radius 3 is 2.30 bits per heavy atom. The number of aliphatic carboxylic acids is 1. The topological polar surface area (TPSA) is 122 Å². The van der Waals surface area contributed by atoms with Crippen molar-refractivity contribution in [3.8, 4) is 0 Å². The van der Waals surface area contributed by atoms with Gasteiger partial charge in [-0.25, -0.2) is 4.79 Å². The van der Waals surface area contributed by atoms with Crippen LogP contribution >= 0.6 is 0 Å². The number of carbonyl (C=O) groups excluding carboxylic acids is 3. The number of ether oxygens (including phenoxy) is 1. The molecule has 0 radical (unpaired) electrons. The second-order valence-electron chi connectivity index (χ2n) is 5.02. The number of amides is 2. The molecule has 3 N–H and O–H groups in total. The van der Waals surface area contributed by atoms with Crippen LogP contribution in [0.1, 0.15) is 46.0 Å². The van der Waals surface area contributed by atoms with E-state index in [4.69, 9.17) is 9.84 Å². The van der Waals surface area contributed by atoms with Crippen molar-refractivity contribution in [1.29, 1.82) is 0 Å². The Balaban J connectivity index is 4.11. The van der Waals surface area contributed by atoms with Crippen molar-refractivity contribution in [3.05, 3.63) is 0 Å². The second kappa shape index (κ2) is 12.6. The first kappa shape index (κ1) is 21.0. The molecule has 0 aliphatic carbocycles. The van der Waals surface area contributed by atoms with E-state index < -0.39 is 17.9 Å². The molecule has 0 aromatic heterocycles. The van der Waals surface area contributed by atoms with Gasteiger partial charge in [0.05, 0.1) is 0 Å². The lowest BCUT2D eigenvalue weighted by atomic mass is 10.1. The van der Waals surface area contributed by atoms with Crippen molar-refractivity contribution in [3.63, 3.8) is 0 Å². The molecule has 0 aromatic carbocycles. The van der Waals surface area contributed by atoms with Crippen LogP contribution in [-0.2, 0) is 23.9 Å². The molecule has 8 nitrogen and oxygen atoms in total. The van der Waals surface area contributed by atoms with Crippen LogP contribution in [0.25, 0.3) is 0 Å². The van der Waals surface area contributed by atoms with E-state index in [0.29, 0.717) is 13.2 Å². The fourth-order valence-electron chi connectivity index (χ4n) is 1.72. The number of rotatable bonds is 13. The summed E-state index contributed by atoms with van der Waals surface area (Å²) in [6.45, 7) is 4.35. The van der Waals surface area contributed by atoms with Gasteiger partial charge in [0.25, 0.3) is 0 Å². The van der Waals surface area contributed by atoms with Gasteiger partial charge in [-0.1, -0.05) is 6.92 Å². The third-order valence-corrected chi connectivity index (χ3v) is 2.99. The first-order valence-corrected chi connectivity index (χ1v) is 7.79. The smallest absolute Gasteiger partial charge is 0.326 e. The van der Waals surface area contributed by atoms with Crippen molar-refractivity contribution < 1.29 is 29.0 Å². The van der Waals surface area contributed by atoms with Crippen LogP contribution in [0, 0.1) is 0 Å². The minimum absolute atomic E-state index is 0.00700. The van der Waals surface area contributed by atoms with Crippen LogP contribution in [0.4, 0.5) is 0 Å². The van der Waals surface area contributed by atoms with Gasteiger partial charge in [-0.3, -0.25) is 14.4 Å². The molecule has 8 heteroatoms. The largest absolute Gasteiger partial charge is 0.480 e. The van der Waals surface area contributed by atoms with Crippen LogP contribution in [0.15, 0.2) is 0 Å². The molecule has 132 valence electrons. The minimum atomic E-state index is -1.21. The maximum atomic E-state index is 11.7. The lowest BCUT2D eigenvalue weighted by molar-refractivity contribution is -0.142. The number of hydrogen-bond acceptors (Lipinski definition) is 5. The Labute approximate surface area is 136 Å². The summed E-state index contributed by atoms with van der Waals surface area (Å²) >= 11 is 0. The molecular weight excluding hydrogens is 304 g/mol. The summed E-state index contributed by atoms with van der Waals surface area (Å²) in [7, 11) is 0. The lowest BCUT2D eigenvalue weighted by Crippen LogP contribution is -2.42. The molecule has 0 aliphatic heterocycles. The van der Waals surface area contributed by atoms with Gasteiger partial charge >= 0.3 is 5.97 Å². The summed E-state index contributed by atoms with van der Waals surface area (Å²) < 4.78 is 4.88. The number of Topliss-reactive ketones (excluding diaryl/α,β-unsaturated/α-hetero) is 1. The van der Waals surface area contributed by atoms with Crippen LogP contribution in [0.3, 0.4) is 0 Å². The number of carboxylic acid groups (broad SMARTS) is 1. The third-order valence-electron chi connectivity index (χ3n) is 2.99. The number of carboxylic acids is 1. The second-order valence-corrected chi connectivity index (χ2v) is 5.02. The zero-order valence-corrected chi connectivity index (χ0v) is 13.7. The van der Waals surface area contributed by atoms with Gasteiger partial charge in [-0.2, -0.15) is 0 Å². The fraction of sp³-hybridized carbons (Fsp3) is 0.733. The molecule has 0 fully saturated rings. The van der Waals surface area contributed by atoms with E-state index in [1.165, 1.54) is 0 Å². The summed E-state index contributed by atoms with van der Waals surface area (Å²) in [4.78, 5) is 45.6. The zero-order chi connectivity index (χ0) is 17.7. The van der Waals surface area contributed by atoms with E-state index in [1.807, 2.05) is 6.92 Å². The van der Waals surface area contributed by atoms with Crippen LogP contribution < -0.4 is 10.6 Å². The van der Waals surface area contributed by atoms with Gasteiger partial charge in [-0.05, 0) is 19.8 Å². The number of ketones is 1. The molecule has 0 spiro atoms. The molecule has 0 unspecified atom stereocenters. The first-order valence-electron chi connectivity index (χ1n) is 7.79. The molecule has 0 aromatic rings. The van der Waals surface area contributed by atoms with E-state index in [2.05, 4.69) is 10.6 Å². The van der Waals surface area contributed by atoms with Crippen molar-refractivity contribution in [2.45, 2.75) is 52.0 Å². The average Bonchev–Trinajstić information content (AvgIpc) is 2.52. The summed E-state index contributed by atoms with van der Waals surface area (Å²) in [5.41, 5.74) is 0. The summed E-state index contributed by atoms with van der Waals surface area (Å²) in [5.74, 6) is -2.14. The molecule has 1 atom stereocenters. The van der Waals surface area contributed by atoms with Gasteiger partial charge in [-0.15, -0.1) is 0 Å². The van der Waals surface area contributed by atoms with E-state index in [9.17, 15) is 19.2 Å². The summed E-state index contributed by atoms with van der Waals surface area (Å²) in [6.07, 6.45) is 0.957. The Kier molecular flexibility index (Phi) is 11.5. The number of nitrogens with one attached hydrogen (secondary N) is 2. The highest BCUT2D eigenvalue weighted by Crippen LogP contribution is 2.03. The van der Waals surface area contributed by atoms with Crippen LogP contribution in [-0.4, -0.2) is 54.5 Å². The van der Waals surface area contributed by atoms with Gasteiger partial charge < -0.3 is 20.5 Å². The van der Waals surface area contributed by atoms with Crippen molar-refractivity contribution >= 4 is 23.6 Å². The molecule has 2 amide bonds. The third kappa shape index (κ3) is 11.3. The Morgan fingerprint density at radius 2 is 1.74 bits per heavy atom. The van der Waals surface area contributed by atoms with E-state index in [0.717, 1.165) is 6.42 Å². The number of carbonyl (C=O) groups is 4. The predicted octanol–water partition coefficient (Wildman–Crippen LogP) is 0.248. The predicted molar refractivity (Wildman–Crippen MR) is 82.8 cm³/mol. The van der Waals surface area contributed by atoms with Gasteiger partial charge in [0.15, 0.2) is 0 Å². The summed E-state index contributed by atoms with van der Waals surface area (Å²) in [5, 5.41) is 14.0.